The Balaban J connectivity index is 0.00000445. The van der Waals surface area contributed by atoms with E-state index in [0.717, 1.165) is 88.6 Å². The van der Waals surface area contributed by atoms with E-state index in [1.807, 2.05) is 24.3 Å². The zero-order chi connectivity index (χ0) is 40.5. The van der Waals surface area contributed by atoms with Crippen molar-refractivity contribution >= 4 is 74.6 Å². The second kappa shape index (κ2) is 16.6. The maximum Gasteiger partial charge on any atom is 2.00 e. The van der Waals surface area contributed by atoms with Gasteiger partial charge in [-0.05, 0) is 79.5 Å². The molecule has 12 heteroatoms. The van der Waals surface area contributed by atoms with Gasteiger partial charge in [-0.15, -0.1) is 12.1 Å². The number of nitrogens with one attached hydrogen (secondary N) is 1. The van der Waals surface area contributed by atoms with Crippen LogP contribution >= 0.6 is 0 Å². The number of carbonyl (C=O) groups is 3. The first-order chi connectivity index (χ1) is 29.3. The summed E-state index contributed by atoms with van der Waals surface area (Å²) in [6.07, 6.45) is 6.87. The van der Waals surface area contributed by atoms with E-state index in [9.17, 15) is 19.5 Å². The Morgan fingerprint density at radius 1 is 0.902 bits per heavy atom. The minimum Gasteiger partial charge on any atom is -0.508 e. The van der Waals surface area contributed by atoms with Gasteiger partial charge in [-0.25, -0.2) is 5.56 Å². The molecular weight excluding hydrogens is 842 g/mol. The number of nitrogens with zero attached hydrogens (tertiary/aromatic N) is 4. The monoisotopic (exact) mass is 893 g/mol. The third kappa shape index (κ3) is 7.54. The number of piperidine rings is 2. The average molecular weight is 894 g/mol. The summed E-state index contributed by atoms with van der Waals surface area (Å²) in [4.78, 5) is 46.9. The third-order valence-electron chi connectivity index (χ3n) is 14.4. The molecule has 6 heterocycles. The summed E-state index contributed by atoms with van der Waals surface area (Å²) in [6, 6.07) is 29.2. The van der Waals surface area contributed by atoms with Crippen LogP contribution in [0.4, 0.5) is 11.4 Å². The van der Waals surface area contributed by atoms with Gasteiger partial charge in [-0.3, -0.25) is 24.6 Å². The molecule has 1 spiro atoms. The SMILES string of the molecule is O=C1CC[C@H](N2Cc3c(ccc4c3OC[C@H]3CN(C[C@@H]5COC6(CCN(c7ccc([C@@H]8c9ccc(O)cc9C[CH-][C-]8c8ccccc8)cc7)CC6)C5)CCN43)C2=O)C(=O)N1.[Sr+2]. The molecule has 4 aromatic rings. The molecular formula is C49H51N5O6Sr. The zero-order valence-electron chi connectivity index (χ0n) is 34.6. The molecule has 4 fully saturated rings. The summed E-state index contributed by atoms with van der Waals surface area (Å²) in [5.41, 5.74) is 8.62. The number of phenols is 1. The van der Waals surface area contributed by atoms with Crippen LogP contribution in [0.15, 0.2) is 84.9 Å². The zero-order valence-corrected chi connectivity index (χ0v) is 38.0. The molecule has 0 radical (unpaired) electrons. The molecule has 6 aliphatic heterocycles. The quantitative estimate of drug-likeness (QED) is 0.152. The van der Waals surface area contributed by atoms with Crippen molar-refractivity contribution in [3.63, 3.8) is 0 Å². The topological polar surface area (TPSA) is 115 Å². The first kappa shape index (κ1) is 41.0. The number of hydrogen-bond acceptors (Lipinski definition) is 9. The van der Waals surface area contributed by atoms with E-state index in [1.165, 1.54) is 33.9 Å². The smallest absolute Gasteiger partial charge is 0.508 e. The van der Waals surface area contributed by atoms with Gasteiger partial charge in [0.1, 0.15) is 24.1 Å². The van der Waals surface area contributed by atoms with Gasteiger partial charge in [0, 0.05) is 62.5 Å². The summed E-state index contributed by atoms with van der Waals surface area (Å²) >= 11 is 0. The number of imide groups is 1. The van der Waals surface area contributed by atoms with Crippen LogP contribution in [0.3, 0.4) is 0 Å². The Hall–Kier alpha value is -4.04. The predicted octanol–water partition coefficient (Wildman–Crippen LogP) is 5.25. The Kier molecular flexibility index (Phi) is 11.1. The summed E-state index contributed by atoms with van der Waals surface area (Å²) in [5, 5.41) is 12.6. The Morgan fingerprint density at radius 2 is 1.72 bits per heavy atom. The molecule has 0 bridgehead atoms. The molecule has 4 aromatic carbocycles. The van der Waals surface area contributed by atoms with E-state index in [1.54, 1.807) is 4.90 Å². The number of hydrogen-bond donors (Lipinski definition) is 2. The Morgan fingerprint density at radius 3 is 2.52 bits per heavy atom. The number of carbonyl (C=O) groups excluding carboxylic acids is 3. The molecule has 3 amide bonds. The maximum absolute atomic E-state index is 13.4. The molecule has 310 valence electrons. The molecule has 4 saturated heterocycles. The van der Waals surface area contributed by atoms with Crippen LogP contribution in [0.25, 0.3) is 0 Å². The van der Waals surface area contributed by atoms with Gasteiger partial charge in [0.25, 0.3) is 5.91 Å². The van der Waals surface area contributed by atoms with E-state index in [4.69, 9.17) is 9.47 Å². The van der Waals surface area contributed by atoms with Crippen LogP contribution in [0.5, 0.6) is 11.5 Å². The summed E-state index contributed by atoms with van der Waals surface area (Å²) < 4.78 is 13.2. The summed E-state index contributed by atoms with van der Waals surface area (Å²) in [7, 11) is 0. The van der Waals surface area contributed by atoms with Crippen LogP contribution in [0.1, 0.15) is 76.2 Å². The first-order valence-corrected chi connectivity index (χ1v) is 21.8. The molecule has 0 aromatic heterocycles. The summed E-state index contributed by atoms with van der Waals surface area (Å²) in [5.74, 6) is 2.15. The molecule has 2 N–H and O–H groups in total. The average Bonchev–Trinajstić information content (AvgIpc) is 3.82. The number of aromatic hydroxyl groups is 1. The second-order valence-corrected chi connectivity index (χ2v) is 17.9. The largest absolute Gasteiger partial charge is 2.00 e. The number of amides is 3. The van der Waals surface area contributed by atoms with Crippen molar-refractivity contribution in [3.8, 4) is 11.5 Å². The number of fused-ring (bicyclic) bond motifs is 6. The minimum atomic E-state index is -0.640. The second-order valence-electron chi connectivity index (χ2n) is 17.9. The molecule has 0 saturated carbocycles. The number of rotatable bonds is 6. The molecule has 11 nitrogen and oxygen atoms in total. The minimum absolute atomic E-state index is 0. The van der Waals surface area contributed by atoms with Crippen molar-refractivity contribution in [1.82, 2.24) is 15.1 Å². The van der Waals surface area contributed by atoms with Crippen LogP contribution in [0, 0.1) is 18.3 Å². The van der Waals surface area contributed by atoms with Gasteiger partial charge in [0.2, 0.25) is 11.8 Å². The van der Waals surface area contributed by atoms with Crippen molar-refractivity contribution in [2.75, 3.05) is 62.3 Å². The van der Waals surface area contributed by atoms with Crippen LogP contribution in [0.2, 0.25) is 0 Å². The van der Waals surface area contributed by atoms with Crippen LogP contribution in [-0.2, 0) is 27.3 Å². The van der Waals surface area contributed by atoms with Crippen molar-refractivity contribution in [2.24, 2.45) is 5.92 Å². The molecule has 11 rings (SSSR count). The van der Waals surface area contributed by atoms with Crippen molar-refractivity contribution in [2.45, 2.75) is 68.7 Å². The standard InChI is InChI=1S/C49H51N5O6.Sr/c55-37-11-13-39-34(24-37)8-12-38(32-4-2-1-3-5-32)45(39)33-6-9-35(10-7-33)52-20-18-49(19-21-52)25-31(29-60-49)26-51-22-23-53-36(27-51)30-59-46-41-28-54(43-16-17-44(56)50-47(43)57)48(58)40(41)14-15-42(46)53;/h1-7,9-15,24,31,36,43,45,55H,8,16-23,25-30H2,(H,50,56,57);/q-2;+2/t31-,36-,43+,45+;/m1./s1. The van der Waals surface area contributed by atoms with Crippen molar-refractivity contribution in [3.05, 3.63) is 131 Å². The fourth-order valence-electron chi connectivity index (χ4n) is 11.4. The maximum atomic E-state index is 13.4. The van der Waals surface area contributed by atoms with E-state index >= 15 is 0 Å². The van der Waals surface area contributed by atoms with Gasteiger partial charge < -0.3 is 41.6 Å². The number of ether oxygens (including phenoxy) is 2. The molecule has 4 atom stereocenters. The van der Waals surface area contributed by atoms with E-state index in [-0.39, 0.29) is 81.3 Å². The number of phenolic OH excluding ortho intramolecular Hbond substituents is 1. The number of benzene rings is 4. The number of piperazine rings is 1. The van der Waals surface area contributed by atoms with E-state index in [0.29, 0.717) is 36.8 Å². The van der Waals surface area contributed by atoms with Gasteiger partial charge in [0.05, 0.1) is 30.5 Å². The fourth-order valence-corrected chi connectivity index (χ4v) is 11.4. The molecule has 7 aliphatic rings. The van der Waals surface area contributed by atoms with E-state index < -0.39 is 11.9 Å². The Bertz CT molecular complexity index is 2330. The first-order valence-electron chi connectivity index (χ1n) is 21.8. The van der Waals surface area contributed by atoms with Crippen LogP contribution < -0.4 is 19.9 Å². The predicted molar refractivity (Wildman–Crippen MR) is 233 cm³/mol. The molecule has 61 heavy (non-hydrogen) atoms. The van der Waals surface area contributed by atoms with Crippen molar-refractivity contribution in [1.29, 1.82) is 0 Å². The van der Waals surface area contributed by atoms with Gasteiger partial charge in [-0.1, -0.05) is 35.4 Å². The third-order valence-corrected chi connectivity index (χ3v) is 14.4. The molecule has 1 aliphatic carbocycles. The van der Waals surface area contributed by atoms with Gasteiger partial charge in [-0.2, -0.15) is 18.6 Å². The number of anilines is 2. The van der Waals surface area contributed by atoms with Crippen LogP contribution in [-0.4, -0.2) is 148 Å². The Labute approximate surface area is 394 Å². The fraction of sp³-hybridized carbons (Fsp3) is 0.408. The van der Waals surface area contributed by atoms with Gasteiger partial charge >= 0.3 is 45.5 Å². The molecule has 0 unspecified atom stereocenters. The van der Waals surface area contributed by atoms with E-state index in [2.05, 4.69) is 87.1 Å². The van der Waals surface area contributed by atoms with Gasteiger partial charge in [0.15, 0.2) is 0 Å². The van der Waals surface area contributed by atoms with Crippen molar-refractivity contribution < 1.29 is 29.0 Å². The normalized spacial score (nSPS) is 25.6. The summed E-state index contributed by atoms with van der Waals surface area (Å²) in [6.45, 7) is 7.42.